The molecule has 0 bridgehead atoms. The third-order valence-corrected chi connectivity index (χ3v) is 2.02. The highest BCUT2D eigenvalue weighted by Crippen LogP contribution is 2.04. The molecule has 0 aromatic rings. The Balaban J connectivity index is 3.56. The van der Waals surface area contributed by atoms with Crippen LogP contribution in [-0.4, -0.2) is 44.3 Å². The number of hydrogen-bond donors (Lipinski definition) is 0. The first-order chi connectivity index (χ1) is 6.11. The maximum atomic E-state index is 10.9. The van der Waals surface area contributed by atoms with Gasteiger partial charge in [-0.2, -0.15) is 0 Å². The molecule has 0 aliphatic heterocycles. The number of hydrogen-bond acceptors (Lipinski definition) is 4. The van der Waals surface area contributed by atoms with Gasteiger partial charge < -0.3 is 14.2 Å². The fourth-order valence-electron chi connectivity index (χ4n) is 0.727. The Morgan fingerprint density at radius 2 is 2.00 bits per heavy atom. The lowest BCUT2D eigenvalue weighted by molar-refractivity contribution is -0.141. The van der Waals surface area contributed by atoms with Crippen molar-refractivity contribution in [2.45, 2.75) is 17.9 Å². The molecule has 2 atom stereocenters. The molecule has 0 amide bonds. The quantitative estimate of drug-likeness (QED) is 0.524. The molecule has 0 saturated carbocycles. The van der Waals surface area contributed by atoms with Gasteiger partial charge in [-0.1, -0.05) is 15.9 Å². The van der Waals surface area contributed by atoms with E-state index >= 15 is 0 Å². The number of esters is 1. The summed E-state index contributed by atoms with van der Waals surface area (Å²) < 4.78 is 14.7. The van der Waals surface area contributed by atoms with Crippen LogP contribution in [0.15, 0.2) is 0 Å². The summed E-state index contributed by atoms with van der Waals surface area (Å²) in [5, 5.41) is 0. The van der Waals surface area contributed by atoms with Crippen molar-refractivity contribution < 1.29 is 19.0 Å². The van der Waals surface area contributed by atoms with Crippen LogP contribution in [0.4, 0.5) is 0 Å². The van der Waals surface area contributed by atoms with Crippen molar-refractivity contribution in [1.82, 2.24) is 0 Å². The van der Waals surface area contributed by atoms with Gasteiger partial charge >= 0.3 is 5.97 Å². The van der Waals surface area contributed by atoms with E-state index in [1.807, 2.05) is 6.92 Å². The number of carbonyl (C=O) groups is 1. The Morgan fingerprint density at radius 1 is 1.38 bits per heavy atom. The summed E-state index contributed by atoms with van der Waals surface area (Å²) in [5.41, 5.74) is 0. The van der Waals surface area contributed by atoms with E-state index in [1.54, 1.807) is 7.11 Å². The molecule has 0 N–H and O–H groups in total. The lowest BCUT2D eigenvalue weighted by Crippen LogP contribution is -2.25. The standard InChI is InChI=1S/C8H15BrO4/c1-6(4-11-2)13-5-7(9)8(10)12-3/h6-7H,4-5H2,1-3H3. The maximum absolute atomic E-state index is 10.9. The zero-order valence-corrected chi connectivity index (χ0v) is 9.67. The molecule has 0 fully saturated rings. The molecule has 0 aliphatic rings. The maximum Gasteiger partial charge on any atom is 0.321 e. The Hall–Kier alpha value is -0.130. The van der Waals surface area contributed by atoms with Crippen LogP contribution in [0.2, 0.25) is 0 Å². The summed E-state index contributed by atoms with van der Waals surface area (Å²) in [4.78, 5) is 10.5. The van der Waals surface area contributed by atoms with Crippen LogP contribution in [0.1, 0.15) is 6.92 Å². The first kappa shape index (κ1) is 12.9. The Labute approximate surface area is 86.7 Å². The molecular formula is C8H15BrO4. The van der Waals surface area contributed by atoms with Gasteiger partial charge in [-0.05, 0) is 6.92 Å². The summed E-state index contributed by atoms with van der Waals surface area (Å²) in [6.45, 7) is 2.68. The van der Waals surface area contributed by atoms with Crippen molar-refractivity contribution in [3.63, 3.8) is 0 Å². The van der Waals surface area contributed by atoms with Gasteiger partial charge in [0.1, 0.15) is 4.83 Å². The monoisotopic (exact) mass is 254 g/mol. The van der Waals surface area contributed by atoms with E-state index in [-0.39, 0.29) is 18.7 Å². The average molecular weight is 255 g/mol. The zero-order valence-electron chi connectivity index (χ0n) is 8.08. The highest BCUT2D eigenvalue weighted by Gasteiger charge is 2.16. The third-order valence-electron chi connectivity index (χ3n) is 1.39. The van der Waals surface area contributed by atoms with E-state index in [4.69, 9.17) is 9.47 Å². The predicted molar refractivity (Wildman–Crippen MR) is 52.0 cm³/mol. The number of halogens is 1. The number of alkyl halides is 1. The zero-order chi connectivity index (χ0) is 10.3. The van der Waals surface area contributed by atoms with E-state index in [0.29, 0.717) is 6.61 Å². The first-order valence-corrected chi connectivity index (χ1v) is 4.85. The number of carbonyl (C=O) groups excluding carboxylic acids is 1. The van der Waals surface area contributed by atoms with Crippen molar-refractivity contribution in [3.8, 4) is 0 Å². The molecule has 0 spiro atoms. The third kappa shape index (κ3) is 6.01. The summed E-state index contributed by atoms with van der Waals surface area (Å²) >= 11 is 3.14. The topological polar surface area (TPSA) is 44.8 Å². The summed E-state index contributed by atoms with van der Waals surface area (Å²) in [6.07, 6.45) is -0.0188. The second-order valence-corrected chi connectivity index (χ2v) is 3.70. The van der Waals surface area contributed by atoms with Crippen LogP contribution in [-0.2, 0) is 19.0 Å². The number of methoxy groups -OCH3 is 2. The molecule has 13 heavy (non-hydrogen) atoms. The SMILES string of the molecule is COCC(C)OCC(Br)C(=O)OC. The molecule has 0 radical (unpaired) electrons. The lowest BCUT2D eigenvalue weighted by Gasteiger charge is -2.13. The van der Waals surface area contributed by atoms with Gasteiger partial charge in [0.15, 0.2) is 0 Å². The summed E-state index contributed by atoms with van der Waals surface area (Å²) in [5.74, 6) is -0.329. The minimum Gasteiger partial charge on any atom is -0.468 e. The van der Waals surface area contributed by atoms with Crippen LogP contribution in [0.5, 0.6) is 0 Å². The van der Waals surface area contributed by atoms with Gasteiger partial charge in [0, 0.05) is 7.11 Å². The van der Waals surface area contributed by atoms with Crippen LogP contribution in [0.25, 0.3) is 0 Å². The van der Waals surface area contributed by atoms with Crippen LogP contribution >= 0.6 is 15.9 Å². The molecular weight excluding hydrogens is 240 g/mol. The Morgan fingerprint density at radius 3 is 2.46 bits per heavy atom. The fourth-order valence-corrected chi connectivity index (χ4v) is 1.07. The Bertz CT molecular complexity index is 151. The highest BCUT2D eigenvalue weighted by molar-refractivity contribution is 9.10. The second kappa shape index (κ2) is 7.29. The average Bonchev–Trinajstić information content (AvgIpc) is 2.13. The summed E-state index contributed by atoms with van der Waals surface area (Å²) in [6, 6.07) is 0. The van der Waals surface area contributed by atoms with Crippen molar-refractivity contribution >= 4 is 21.9 Å². The van der Waals surface area contributed by atoms with E-state index < -0.39 is 4.83 Å². The predicted octanol–water partition coefficient (Wildman–Crippen LogP) is 0.974. The van der Waals surface area contributed by atoms with Gasteiger partial charge in [-0.3, -0.25) is 4.79 Å². The lowest BCUT2D eigenvalue weighted by atomic mass is 10.4. The molecule has 0 heterocycles. The first-order valence-electron chi connectivity index (χ1n) is 3.94. The molecule has 0 saturated heterocycles. The van der Waals surface area contributed by atoms with E-state index in [0.717, 1.165) is 0 Å². The van der Waals surface area contributed by atoms with Crippen molar-refractivity contribution in [1.29, 1.82) is 0 Å². The van der Waals surface area contributed by atoms with Gasteiger partial charge in [-0.25, -0.2) is 0 Å². The molecule has 0 aromatic carbocycles. The number of ether oxygens (including phenoxy) is 3. The summed E-state index contributed by atoms with van der Waals surface area (Å²) in [7, 11) is 2.95. The molecule has 78 valence electrons. The van der Waals surface area contributed by atoms with Gasteiger partial charge in [-0.15, -0.1) is 0 Å². The minimum absolute atomic E-state index is 0.0188. The molecule has 2 unspecified atom stereocenters. The number of rotatable bonds is 6. The molecule has 5 heteroatoms. The molecule has 0 aliphatic carbocycles. The van der Waals surface area contributed by atoms with E-state index in [1.165, 1.54) is 7.11 Å². The van der Waals surface area contributed by atoms with Crippen molar-refractivity contribution in [3.05, 3.63) is 0 Å². The van der Waals surface area contributed by atoms with E-state index in [2.05, 4.69) is 20.7 Å². The normalized spacial score (nSPS) is 15.1. The largest absolute Gasteiger partial charge is 0.468 e. The smallest absolute Gasteiger partial charge is 0.321 e. The second-order valence-electron chi connectivity index (χ2n) is 2.59. The van der Waals surface area contributed by atoms with Crippen LogP contribution < -0.4 is 0 Å². The minimum atomic E-state index is -0.406. The van der Waals surface area contributed by atoms with Gasteiger partial charge in [0.2, 0.25) is 0 Å². The van der Waals surface area contributed by atoms with Crippen molar-refractivity contribution in [2.24, 2.45) is 0 Å². The van der Waals surface area contributed by atoms with Gasteiger partial charge in [0.25, 0.3) is 0 Å². The fraction of sp³-hybridized carbons (Fsp3) is 0.875. The van der Waals surface area contributed by atoms with E-state index in [9.17, 15) is 4.79 Å². The Kier molecular flexibility index (Phi) is 7.22. The van der Waals surface area contributed by atoms with Crippen LogP contribution in [0.3, 0.4) is 0 Å². The van der Waals surface area contributed by atoms with Gasteiger partial charge in [0.05, 0.1) is 26.4 Å². The molecule has 0 rings (SSSR count). The van der Waals surface area contributed by atoms with Crippen LogP contribution in [0, 0.1) is 0 Å². The molecule has 0 aromatic heterocycles. The molecule has 4 nitrogen and oxygen atoms in total. The van der Waals surface area contributed by atoms with Crippen molar-refractivity contribution in [2.75, 3.05) is 27.4 Å². The highest BCUT2D eigenvalue weighted by atomic mass is 79.9.